The van der Waals surface area contributed by atoms with E-state index in [1.807, 2.05) is 67.6 Å². The molecule has 0 bridgehead atoms. The molecule has 36 heavy (non-hydrogen) atoms. The highest BCUT2D eigenvalue weighted by Crippen LogP contribution is 2.28. The van der Waals surface area contributed by atoms with Crippen molar-refractivity contribution in [3.8, 4) is 22.8 Å². The summed E-state index contributed by atoms with van der Waals surface area (Å²) in [5.74, 6) is 1.34. The van der Waals surface area contributed by atoms with Crippen LogP contribution in [0, 0.1) is 6.92 Å². The number of nitrogens with one attached hydrogen (secondary N) is 2. The Kier molecular flexibility index (Phi) is 6.66. The number of hydrogen-bond donors (Lipinski definition) is 2. The average molecular weight is 514 g/mol. The number of para-hydroxylation sites is 2. The van der Waals surface area contributed by atoms with Crippen LogP contribution in [0.4, 0.5) is 5.69 Å². The molecule has 0 fully saturated rings. The van der Waals surface area contributed by atoms with Gasteiger partial charge in [0.2, 0.25) is 11.8 Å². The predicted octanol–water partition coefficient (Wildman–Crippen LogP) is 7.24. The van der Waals surface area contributed by atoms with Gasteiger partial charge < -0.3 is 14.2 Å². The zero-order valence-corrected chi connectivity index (χ0v) is 20.7. The van der Waals surface area contributed by atoms with Crippen LogP contribution in [0.5, 0.6) is 0 Å². The third-order valence-corrected chi connectivity index (χ3v) is 5.87. The molecule has 5 rings (SSSR count). The number of nitrogens with zero attached hydrogens (tertiary/aromatic N) is 1. The number of furan rings is 1. The number of aryl methyl sites for hydroxylation is 1. The first-order valence-corrected chi connectivity index (χ1v) is 11.9. The Morgan fingerprint density at radius 3 is 2.56 bits per heavy atom. The number of fused-ring (bicyclic) bond motifs is 1. The lowest BCUT2D eigenvalue weighted by atomic mass is 10.1. The zero-order chi connectivity index (χ0) is 25.1. The number of halogens is 1. The highest BCUT2D eigenvalue weighted by molar-refractivity contribution is 7.80. The summed E-state index contributed by atoms with van der Waals surface area (Å²) in [4.78, 5) is 16.9. The summed E-state index contributed by atoms with van der Waals surface area (Å²) in [6.45, 7) is 1.94. The number of carbonyl (C=O) groups excluding carboxylic acids is 1. The topological polar surface area (TPSA) is 80.3 Å². The molecule has 1 amide bonds. The smallest absolute Gasteiger partial charge is 0.250 e. The monoisotopic (exact) mass is 513 g/mol. The summed E-state index contributed by atoms with van der Waals surface area (Å²) in [7, 11) is 0. The number of amides is 1. The van der Waals surface area contributed by atoms with E-state index in [9.17, 15) is 4.79 Å². The van der Waals surface area contributed by atoms with Crippen molar-refractivity contribution in [3.63, 3.8) is 0 Å². The lowest BCUT2D eigenvalue weighted by Gasteiger charge is -2.11. The second-order valence-corrected chi connectivity index (χ2v) is 8.85. The number of carbonyl (C=O) groups is 1. The van der Waals surface area contributed by atoms with E-state index in [-0.39, 0.29) is 11.0 Å². The number of thiocarbonyl (C=S) groups is 1. The maximum absolute atomic E-state index is 12.4. The van der Waals surface area contributed by atoms with Gasteiger partial charge in [0.15, 0.2) is 10.7 Å². The van der Waals surface area contributed by atoms with E-state index in [1.165, 1.54) is 6.08 Å². The molecule has 5 aromatic rings. The molecule has 0 saturated carbocycles. The van der Waals surface area contributed by atoms with Crippen molar-refractivity contribution < 1.29 is 13.6 Å². The van der Waals surface area contributed by atoms with Crippen molar-refractivity contribution in [2.24, 2.45) is 0 Å². The quantitative estimate of drug-likeness (QED) is 0.190. The molecule has 6 nitrogen and oxygen atoms in total. The van der Waals surface area contributed by atoms with Crippen molar-refractivity contribution in [1.29, 1.82) is 0 Å². The van der Waals surface area contributed by atoms with Gasteiger partial charge in [-0.05, 0) is 91.4 Å². The minimum Gasteiger partial charge on any atom is -0.457 e. The molecule has 3 aromatic carbocycles. The number of benzene rings is 3. The minimum atomic E-state index is -0.385. The van der Waals surface area contributed by atoms with Gasteiger partial charge in [-0.2, -0.15) is 0 Å². The van der Waals surface area contributed by atoms with Gasteiger partial charge in [0.05, 0.1) is 0 Å². The van der Waals surface area contributed by atoms with Gasteiger partial charge in [-0.3, -0.25) is 10.1 Å². The molecule has 178 valence electrons. The molecular weight excluding hydrogens is 494 g/mol. The maximum Gasteiger partial charge on any atom is 0.250 e. The third kappa shape index (κ3) is 5.38. The Bertz CT molecular complexity index is 1570. The van der Waals surface area contributed by atoms with Gasteiger partial charge in [-0.15, -0.1) is 0 Å². The Balaban J connectivity index is 1.22. The summed E-state index contributed by atoms with van der Waals surface area (Å²) >= 11 is 11.3. The predicted molar refractivity (Wildman–Crippen MR) is 147 cm³/mol. The maximum atomic E-state index is 12.4. The van der Waals surface area contributed by atoms with Gasteiger partial charge >= 0.3 is 0 Å². The van der Waals surface area contributed by atoms with Crippen molar-refractivity contribution in [1.82, 2.24) is 10.3 Å². The second kappa shape index (κ2) is 10.2. The Morgan fingerprint density at radius 2 is 1.75 bits per heavy atom. The highest BCUT2D eigenvalue weighted by Gasteiger charge is 2.11. The number of rotatable bonds is 5. The van der Waals surface area contributed by atoms with Gasteiger partial charge in [0, 0.05) is 27.9 Å². The lowest BCUT2D eigenvalue weighted by molar-refractivity contribution is -0.115. The molecule has 0 unspecified atom stereocenters. The molecule has 2 heterocycles. The van der Waals surface area contributed by atoms with Crippen molar-refractivity contribution in [2.75, 3.05) is 5.32 Å². The first kappa shape index (κ1) is 23.5. The molecule has 0 aliphatic heterocycles. The van der Waals surface area contributed by atoms with Gasteiger partial charge in [-0.1, -0.05) is 29.8 Å². The van der Waals surface area contributed by atoms with Crippen molar-refractivity contribution in [3.05, 3.63) is 101 Å². The molecule has 2 aromatic heterocycles. The van der Waals surface area contributed by atoms with E-state index in [0.717, 1.165) is 27.9 Å². The first-order chi connectivity index (χ1) is 17.4. The lowest BCUT2D eigenvalue weighted by Crippen LogP contribution is -2.33. The van der Waals surface area contributed by atoms with Crippen LogP contribution in [0.1, 0.15) is 11.3 Å². The summed E-state index contributed by atoms with van der Waals surface area (Å²) in [6.07, 6.45) is 2.94. The summed E-state index contributed by atoms with van der Waals surface area (Å²) in [6, 6.07) is 24.3. The van der Waals surface area contributed by atoms with Gasteiger partial charge in [0.1, 0.15) is 17.0 Å². The average Bonchev–Trinajstić information content (AvgIpc) is 3.52. The zero-order valence-electron chi connectivity index (χ0n) is 19.1. The van der Waals surface area contributed by atoms with E-state index >= 15 is 0 Å². The molecule has 8 heteroatoms. The summed E-state index contributed by atoms with van der Waals surface area (Å²) < 4.78 is 11.6. The fraction of sp³-hybridized carbons (Fsp3) is 0.0357. The molecular formula is C28H20ClN3O3S. The van der Waals surface area contributed by atoms with Gasteiger partial charge in [0.25, 0.3) is 0 Å². The Hall–Kier alpha value is -4.20. The SMILES string of the molecule is Cc1ccc(-c2nc3ccccc3o2)cc1NC(=S)NC(=O)C=Cc1ccc(-c2ccc(Cl)cc2)o1. The van der Waals surface area contributed by atoms with Crippen LogP contribution in [0.15, 0.2) is 93.8 Å². The van der Waals surface area contributed by atoms with Crippen LogP contribution < -0.4 is 10.6 Å². The van der Waals surface area contributed by atoms with Crippen LogP contribution in [0.25, 0.3) is 40.0 Å². The molecule has 0 radical (unpaired) electrons. The van der Waals surface area contributed by atoms with Crippen molar-refractivity contribution in [2.45, 2.75) is 6.92 Å². The van der Waals surface area contributed by atoms with E-state index < -0.39 is 0 Å². The van der Waals surface area contributed by atoms with Crippen LogP contribution >= 0.6 is 23.8 Å². The standard InChI is InChI=1S/C28H20ClN3O3S/c1-17-6-7-19(27-30-22-4-2-3-5-25(22)35-27)16-23(17)31-28(36)32-26(33)15-13-21-12-14-24(34-21)18-8-10-20(29)11-9-18/h2-16H,1H3,(H2,31,32,33,36). The second-order valence-electron chi connectivity index (χ2n) is 8.00. The molecule has 0 spiro atoms. The van der Waals surface area contributed by atoms with Crippen LogP contribution in [0.2, 0.25) is 5.02 Å². The van der Waals surface area contributed by atoms with E-state index in [4.69, 9.17) is 32.7 Å². The van der Waals surface area contributed by atoms with Crippen LogP contribution in [0.3, 0.4) is 0 Å². The Labute approximate surface area is 217 Å². The molecule has 0 atom stereocenters. The fourth-order valence-electron chi connectivity index (χ4n) is 3.56. The number of anilines is 1. The summed E-state index contributed by atoms with van der Waals surface area (Å²) in [5.41, 5.74) is 4.88. The number of hydrogen-bond acceptors (Lipinski definition) is 5. The van der Waals surface area contributed by atoms with Crippen LogP contribution in [-0.2, 0) is 4.79 Å². The number of aromatic nitrogens is 1. The summed E-state index contributed by atoms with van der Waals surface area (Å²) in [5, 5.41) is 6.55. The highest BCUT2D eigenvalue weighted by atomic mass is 35.5. The van der Waals surface area contributed by atoms with Crippen LogP contribution in [-0.4, -0.2) is 16.0 Å². The van der Waals surface area contributed by atoms with E-state index in [0.29, 0.717) is 28.0 Å². The molecule has 0 aliphatic rings. The fourth-order valence-corrected chi connectivity index (χ4v) is 3.90. The molecule has 2 N–H and O–H groups in total. The van der Waals surface area contributed by atoms with E-state index in [1.54, 1.807) is 24.3 Å². The minimum absolute atomic E-state index is 0.170. The third-order valence-electron chi connectivity index (χ3n) is 5.42. The first-order valence-electron chi connectivity index (χ1n) is 11.1. The molecule has 0 aliphatic carbocycles. The molecule has 0 saturated heterocycles. The van der Waals surface area contributed by atoms with E-state index in [2.05, 4.69) is 15.6 Å². The Morgan fingerprint density at radius 1 is 0.972 bits per heavy atom. The largest absolute Gasteiger partial charge is 0.457 e. The normalized spacial score (nSPS) is 11.2. The number of oxazole rings is 1. The van der Waals surface area contributed by atoms with Gasteiger partial charge in [-0.25, -0.2) is 4.98 Å². The van der Waals surface area contributed by atoms with Crippen molar-refractivity contribution >= 4 is 57.7 Å².